The quantitative estimate of drug-likeness (QED) is 0.922. The average molecular weight is 295 g/mol. The molecule has 0 amide bonds. The van der Waals surface area contributed by atoms with Crippen LogP contribution in [0.4, 0.5) is 0 Å². The highest BCUT2D eigenvalue weighted by Gasteiger charge is 2.25. The third kappa shape index (κ3) is 3.73. The van der Waals surface area contributed by atoms with Gasteiger partial charge in [-0.15, -0.1) is 0 Å². The maximum atomic E-state index is 6.03. The Kier molecular flexibility index (Phi) is 5.20. The molecule has 3 heteroatoms. The normalized spacial score (nSPS) is 18.2. The molecule has 1 unspecified atom stereocenters. The summed E-state index contributed by atoms with van der Waals surface area (Å²) in [6, 6.07) is 15.4. The number of benzene rings is 1. The first kappa shape index (κ1) is 15.2. The lowest BCUT2D eigenvalue weighted by molar-refractivity contribution is 0.135. The van der Waals surface area contributed by atoms with Gasteiger partial charge < -0.3 is 5.73 Å². The molecule has 0 saturated carbocycles. The lowest BCUT2D eigenvalue weighted by Gasteiger charge is -2.37. The van der Waals surface area contributed by atoms with E-state index in [9.17, 15) is 0 Å². The van der Waals surface area contributed by atoms with Crippen LogP contribution in [-0.2, 0) is 6.42 Å². The van der Waals surface area contributed by atoms with E-state index in [2.05, 4.69) is 52.3 Å². The van der Waals surface area contributed by atoms with E-state index in [1.165, 1.54) is 30.4 Å². The van der Waals surface area contributed by atoms with Gasteiger partial charge in [0, 0.05) is 25.0 Å². The fourth-order valence-electron chi connectivity index (χ4n) is 3.50. The second kappa shape index (κ2) is 7.52. The lowest BCUT2D eigenvalue weighted by Crippen LogP contribution is -2.40. The maximum Gasteiger partial charge on any atom is 0.0471 e. The number of rotatable bonds is 5. The number of pyridine rings is 1. The van der Waals surface area contributed by atoms with E-state index in [0.717, 1.165) is 19.0 Å². The van der Waals surface area contributed by atoms with E-state index in [-0.39, 0.29) is 0 Å². The summed E-state index contributed by atoms with van der Waals surface area (Å²) in [5.74, 6) is 0.800. The van der Waals surface area contributed by atoms with Crippen LogP contribution >= 0.6 is 0 Å². The van der Waals surface area contributed by atoms with Crippen molar-refractivity contribution < 1.29 is 0 Å². The van der Waals surface area contributed by atoms with E-state index in [4.69, 9.17) is 5.73 Å². The van der Waals surface area contributed by atoms with Gasteiger partial charge in [-0.25, -0.2) is 0 Å². The molecule has 0 aliphatic carbocycles. The van der Waals surface area contributed by atoms with Crippen LogP contribution in [0.5, 0.6) is 0 Å². The van der Waals surface area contributed by atoms with Crippen LogP contribution in [0.3, 0.4) is 0 Å². The first-order valence-corrected chi connectivity index (χ1v) is 8.25. The van der Waals surface area contributed by atoms with Crippen molar-refractivity contribution in [2.45, 2.75) is 25.3 Å². The van der Waals surface area contributed by atoms with Crippen LogP contribution in [0.25, 0.3) is 0 Å². The van der Waals surface area contributed by atoms with Crippen molar-refractivity contribution in [2.75, 3.05) is 19.6 Å². The van der Waals surface area contributed by atoms with Crippen molar-refractivity contribution in [1.82, 2.24) is 9.88 Å². The fraction of sp³-hybridized carbons (Fsp3) is 0.421. The molecule has 0 bridgehead atoms. The first-order valence-electron chi connectivity index (χ1n) is 8.25. The van der Waals surface area contributed by atoms with Gasteiger partial charge in [0.1, 0.15) is 0 Å². The van der Waals surface area contributed by atoms with Crippen molar-refractivity contribution in [3.8, 4) is 0 Å². The molecule has 1 fully saturated rings. The number of nitrogens with zero attached hydrogens (tertiary/aromatic N) is 2. The molecule has 1 atom stereocenters. The van der Waals surface area contributed by atoms with Crippen LogP contribution in [0.2, 0.25) is 0 Å². The van der Waals surface area contributed by atoms with Crippen LogP contribution in [-0.4, -0.2) is 29.5 Å². The summed E-state index contributed by atoms with van der Waals surface area (Å²) >= 11 is 0. The number of piperidine rings is 1. The van der Waals surface area contributed by atoms with Gasteiger partial charge >= 0.3 is 0 Å². The van der Waals surface area contributed by atoms with E-state index in [0.29, 0.717) is 12.6 Å². The van der Waals surface area contributed by atoms with E-state index < -0.39 is 0 Å². The molecular weight excluding hydrogens is 270 g/mol. The Morgan fingerprint density at radius 3 is 2.36 bits per heavy atom. The second-order valence-electron chi connectivity index (χ2n) is 6.20. The highest BCUT2D eigenvalue weighted by Crippen LogP contribution is 2.27. The predicted octanol–water partition coefficient (Wildman–Crippen LogP) is 3.04. The zero-order valence-electron chi connectivity index (χ0n) is 13.1. The van der Waals surface area contributed by atoms with Crippen molar-refractivity contribution in [2.24, 2.45) is 11.7 Å². The van der Waals surface area contributed by atoms with Crippen LogP contribution in [0.15, 0.2) is 54.9 Å². The summed E-state index contributed by atoms with van der Waals surface area (Å²) < 4.78 is 0. The molecule has 2 aromatic rings. The molecule has 0 spiro atoms. The number of nitrogens with two attached hydrogens (primary N) is 1. The molecule has 2 N–H and O–H groups in total. The van der Waals surface area contributed by atoms with Gasteiger partial charge in [0.25, 0.3) is 0 Å². The van der Waals surface area contributed by atoms with Gasteiger partial charge in [-0.05, 0) is 61.5 Å². The molecule has 0 radical (unpaired) electrons. The van der Waals surface area contributed by atoms with Crippen molar-refractivity contribution in [1.29, 1.82) is 0 Å². The van der Waals surface area contributed by atoms with Crippen molar-refractivity contribution in [3.05, 3.63) is 66.0 Å². The first-order chi connectivity index (χ1) is 10.9. The van der Waals surface area contributed by atoms with Gasteiger partial charge in [0.15, 0.2) is 0 Å². The zero-order valence-corrected chi connectivity index (χ0v) is 13.1. The zero-order chi connectivity index (χ0) is 15.2. The summed E-state index contributed by atoms with van der Waals surface area (Å²) in [5.41, 5.74) is 8.79. The summed E-state index contributed by atoms with van der Waals surface area (Å²) in [5, 5.41) is 0. The molecule has 1 aromatic carbocycles. The molecular formula is C19H25N3. The SMILES string of the molecule is NCC(c1ccncc1)N1CCC(Cc2ccccc2)CC1. The van der Waals surface area contributed by atoms with Crippen LogP contribution in [0, 0.1) is 5.92 Å². The Hall–Kier alpha value is -1.71. The largest absolute Gasteiger partial charge is 0.329 e. The molecule has 116 valence electrons. The van der Waals surface area contributed by atoms with Crippen LogP contribution < -0.4 is 5.73 Å². The summed E-state index contributed by atoms with van der Waals surface area (Å²) in [7, 11) is 0. The average Bonchev–Trinajstić information content (AvgIpc) is 2.59. The highest BCUT2D eigenvalue weighted by atomic mass is 15.2. The minimum Gasteiger partial charge on any atom is -0.329 e. The van der Waals surface area contributed by atoms with Gasteiger partial charge in [-0.1, -0.05) is 30.3 Å². The Balaban J connectivity index is 1.57. The van der Waals surface area contributed by atoms with Gasteiger partial charge in [0.05, 0.1) is 0 Å². The molecule has 1 aromatic heterocycles. The second-order valence-corrected chi connectivity index (χ2v) is 6.20. The Bertz CT molecular complexity index is 547. The number of likely N-dealkylation sites (tertiary alicyclic amines) is 1. The van der Waals surface area contributed by atoms with Crippen molar-refractivity contribution in [3.63, 3.8) is 0 Å². The standard InChI is InChI=1S/C19H25N3/c20-15-19(18-6-10-21-11-7-18)22-12-8-17(9-13-22)14-16-4-2-1-3-5-16/h1-7,10-11,17,19H,8-9,12-15,20H2. The third-order valence-electron chi connectivity index (χ3n) is 4.77. The van der Waals surface area contributed by atoms with Crippen LogP contribution in [0.1, 0.15) is 30.0 Å². The predicted molar refractivity (Wildman–Crippen MR) is 90.5 cm³/mol. The van der Waals surface area contributed by atoms with Gasteiger partial charge in [-0.2, -0.15) is 0 Å². The number of aromatic nitrogens is 1. The monoisotopic (exact) mass is 295 g/mol. The molecule has 2 heterocycles. The smallest absolute Gasteiger partial charge is 0.0471 e. The summed E-state index contributed by atoms with van der Waals surface area (Å²) in [4.78, 5) is 6.65. The minimum atomic E-state index is 0.334. The van der Waals surface area contributed by atoms with Crippen molar-refractivity contribution >= 4 is 0 Å². The molecule has 3 rings (SSSR count). The lowest BCUT2D eigenvalue weighted by atomic mass is 9.89. The summed E-state index contributed by atoms with van der Waals surface area (Å²) in [6.45, 7) is 2.96. The highest BCUT2D eigenvalue weighted by molar-refractivity contribution is 5.17. The minimum absolute atomic E-state index is 0.334. The molecule has 1 aliphatic rings. The molecule has 1 saturated heterocycles. The summed E-state index contributed by atoms with van der Waals surface area (Å²) in [6.07, 6.45) is 7.45. The van der Waals surface area contributed by atoms with E-state index >= 15 is 0 Å². The Labute approximate surface area is 133 Å². The van der Waals surface area contributed by atoms with Gasteiger partial charge in [0.2, 0.25) is 0 Å². The van der Waals surface area contributed by atoms with Gasteiger partial charge in [-0.3, -0.25) is 9.88 Å². The Morgan fingerprint density at radius 2 is 1.73 bits per heavy atom. The maximum absolute atomic E-state index is 6.03. The molecule has 3 nitrogen and oxygen atoms in total. The molecule has 22 heavy (non-hydrogen) atoms. The number of hydrogen-bond acceptors (Lipinski definition) is 3. The topological polar surface area (TPSA) is 42.1 Å². The fourth-order valence-corrected chi connectivity index (χ4v) is 3.50. The van der Waals surface area contributed by atoms with E-state index in [1.54, 1.807) is 0 Å². The Morgan fingerprint density at radius 1 is 1.05 bits per heavy atom. The van der Waals surface area contributed by atoms with E-state index in [1.807, 2.05) is 12.4 Å². The number of hydrogen-bond donors (Lipinski definition) is 1. The molecule has 1 aliphatic heterocycles. The third-order valence-corrected chi connectivity index (χ3v) is 4.77.